The number of furan rings is 1. The maximum atomic E-state index is 5.36. The first-order valence-corrected chi connectivity index (χ1v) is 5.54. The van der Waals surface area contributed by atoms with E-state index in [-0.39, 0.29) is 0 Å². The molecule has 0 saturated carbocycles. The molecule has 0 radical (unpaired) electrons. The summed E-state index contributed by atoms with van der Waals surface area (Å²) in [7, 11) is 2.14. The van der Waals surface area contributed by atoms with E-state index in [1.54, 1.807) is 6.26 Å². The maximum absolute atomic E-state index is 5.36. The van der Waals surface area contributed by atoms with Crippen LogP contribution in [0.4, 0.5) is 0 Å². The van der Waals surface area contributed by atoms with Gasteiger partial charge in [0.15, 0.2) is 5.76 Å². The van der Waals surface area contributed by atoms with Gasteiger partial charge in [0.2, 0.25) is 0 Å². The Labute approximate surface area is 94.7 Å². The van der Waals surface area contributed by atoms with Crippen LogP contribution in [0.2, 0.25) is 0 Å². The number of likely N-dealkylation sites (N-methyl/N-ethyl adjacent to an activating group) is 1. The lowest BCUT2D eigenvalue weighted by Crippen LogP contribution is -2.27. The van der Waals surface area contributed by atoms with Crippen molar-refractivity contribution in [3.63, 3.8) is 0 Å². The van der Waals surface area contributed by atoms with Crippen molar-refractivity contribution in [2.45, 2.75) is 13.0 Å². The topological polar surface area (TPSA) is 29.3 Å². The highest BCUT2D eigenvalue weighted by Crippen LogP contribution is 2.22. The zero-order valence-electron chi connectivity index (χ0n) is 9.31. The van der Waals surface area contributed by atoms with E-state index in [0.717, 1.165) is 31.0 Å². The minimum Gasteiger partial charge on any atom is -0.463 e. The van der Waals surface area contributed by atoms with Crippen molar-refractivity contribution in [3.05, 3.63) is 41.8 Å². The van der Waals surface area contributed by atoms with Gasteiger partial charge in [-0.1, -0.05) is 6.07 Å². The molecule has 1 aliphatic heterocycles. The van der Waals surface area contributed by atoms with Crippen LogP contribution in [-0.2, 0) is 13.0 Å². The van der Waals surface area contributed by atoms with Crippen LogP contribution in [0.15, 0.2) is 34.9 Å². The van der Waals surface area contributed by atoms with Crippen molar-refractivity contribution in [2.75, 3.05) is 13.6 Å². The monoisotopic (exact) mass is 214 g/mol. The molecule has 16 heavy (non-hydrogen) atoms. The Balaban J connectivity index is 2.00. The summed E-state index contributed by atoms with van der Waals surface area (Å²) in [6.07, 6.45) is 2.71. The Kier molecular flexibility index (Phi) is 2.26. The number of nitrogens with zero attached hydrogens (tertiary/aromatic N) is 2. The first-order chi connectivity index (χ1) is 7.83. The lowest BCUT2D eigenvalue weighted by atomic mass is 10.1. The van der Waals surface area contributed by atoms with Gasteiger partial charge in [-0.2, -0.15) is 0 Å². The summed E-state index contributed by atoms with van der Waals surface area (Å²) in [6, 6.07) is 8.04. The number of fused-ring (bicyclic) bond motifs is 1. The van der Waals surface area contributed by atoms with Crippen molar-refractivity contribution in [3.8, 4) is 11.5 Å². The van der Waals surface area contributed by atoms with Gasteiger partial charge in [0, 0.05) is 25.2 Å². The highest BCUT2D eigenvalue weighted by Gasteiger charge is 2.15. The molecule has 3 rings (SSSR count). The second-order valence-electron chi connectivity index (χ2n) is 4.27. The SMILES string of the molecule is CN1CCc2nc(-c3ccco3)ccc2C1. The summed E-state index contributed by atoms with van der Waals surface area (Å²) in [5.41, 5.74) is 3.49. The highest BCUT2D eigenvalue weighted by atomic mass is 16.3. The van der Waals surface area contributed by atoms with Crippen molar-refractivity contribution in [1.29, 1.82) is 0 Å². The summed E-state index contributed by atoms with van der Waals surface area (Å²) < 4.78 is 5.36. The Hall–Kier alpha value is -1.61. The predicted molar refractivity (Wildman–Crippen MR) is 62.0 cm³/mol. The summed E-state index contributed by atoms with van der Waals surface area (Å²) in [6.45, 7) is 2.09. The van der Waals surface area contributed by atoms with Gasteiger partial charge in [0.05, 0.1) is 6.26 Å². The van der Waals surface area contributed by atoms with E-state index in [0.29, 0.717) is 0 Å². The molecule has 0 amide bonds. The molecule has 1 aliphatic rings. The first kappa shape index (κ1) is 9.60. The van der Waals surface area contributed by atoms with Gasteiger partial charge in [-0.25, -0.2) is 4.98 Å². The van der Waals surface area contributed by atoms with Crippen LogP contribution in [0.3, 0.4) is 0 Å². The van der Waals surface area contributed by atoms with Gasteiger partial charge in [0.1, 0.15) is 5.69 Å². The molecular formula is C13H14N2O. The summed E-state index contributed by atoms with van der Waals surface area (Å²) >= 11 is 0. The summed E-state index contributed by atoms with van der Waals surface area (Å²) in [5.74, 6) is 0.849. The molecule has 0 spiro atoms. The van der Waals surface area contributed by atoms with Crippen LogP contribution in [0.5, 0.6) is 0 Å². The van der Waals surface area contributed by atoms with Crippen LogP contribution in [0, 0.1) is 0 Å². The maximum Gasteiger partial charge on any atom is 0.152 e. The van der Waals surface area contributed by atoms with E-state index < -0.39 is 0 Å². The van der Waals surface area contributed by atoms with Crippen LogP contribution in [0.1, 0.15) is 11.3 Å². The van der Waals surface area contributed by atoms with Gasteiger partial charge < -0.3 is 9.32 Å². The lowest BCUT2D eigenvalue weighted by molar-refractivity contribution is 0.310. The van der Waals surface area contributed by atoms with Crippen molar-refractivity contribution in [1.82, 2.24) is 9.88 Å². The fourth-order valence-corrected chi connectivity index (χ4v) is 2.12. The number of rotatable bonds is 1. The standard InChI is InChI=1S/C13H14N2O/c1-15-7-6-11-10(9-15)4-5-12(14-11)13-3-2-8-16-13/h2-5,8H,6-7,9H2,1H3. The average molecular weight is 214 g/mol. The molecule has 0 aromatic carbocycles. The van der Waals surface area contributed by atoms with Gasteiger partial charge >= 0.3 is 0 Å². The molecule has 3 heteroatoms. The van der Waals surface area contributed by atoms with E-state index in [4.69, 9.17) is 4.42 Å². The zero-order valence-corrected chi connectivity index (χ0v) is 9.31. The number of hydrogen-bond donors (Lipinski definition) is 0. The normalized spacial score (nSPS) is 16.1. The van der Waals surface area contributed by atoms with Gasteiger partial charge in [-0.05, 0) is 30.8 Å². The molecule has 0 unspecified atom stereocenters. The van der Waals surface area contributed by atoms with Crippen LogP contribution >= 0.6 is 0 Å². The van der Waals surface area contributed by atoms with E-state index in [1.807, 2.05) is 18.2 Å². The fourth-order valence-electron chi connectivity index (χ4n) is 2.12. The van der Waals surface area contributed by atoms with Gasteiger partial charge in [-0.3, -0.25) is 0 Å². The molecule has 0 fully saturated rings. The molecule has 0 saturated heterocycles. The molecule has 2 aromatic rings. The van der Waals surface area contributed by atoms with Crippen LogP contribution < -0.4 is 0 Å². The summed E-state index contributed by atoms with van der Waals surface area (Å²) in [4.78, 5) is 6.99. The third kappa shape index (κ3) is 1.63. The Bertz CT molecular complexity index is 491. The van der Waals surface area contributed by atoms with Crippen molar-refractivity contribution in [2.24, 2.45) is 0 Å². The lowest BCUT2D eigenvalue weighted by Gasteiger charge is -2.24. The highest BCUT2D eigenvalue weighted by molar-refractivity contribution is 5.52. The number of aromatic nitrogens is 1. The molecule has 2 aromatic heterocycles. The number of pyridine rings is 1. The Morgan fingerprint density at radius 3 is 3.06 bits per heavy atom. The fraction of sp³-hybridized carbons (Fsp3) is 0.308. The van der Waals surface area contributed by atoms with E-state index in [1.165, 1.54) is 11.3 Å². The average Bonchev–Trinajstić information content (AvgIpc) is 2.82. The zero-order chi connectivity index (χ0) is 11.0. The molecule has 0 atom stereocenters. The minimum atomic E-state index is 0.849. The van der Waals surface area contributed by atoms with Crippen molar-refractivity contribution < 1.29 is 4.42 Å². The van der Waals surface area contributed by atoms with E-state index >= 15 is 0 Å². The van der Waals surface area contributed by atoms with Gasteiger partial charge in [0.25, 0.3) is 0 Å². The van der Waals surface area contributed by atoms with E-state index in [9.17, 15) is 0 Å². The third-order valence-corrected chi connectivity index (χ3v) is 3.01. The van der Waals surface area contributed by atoms with Gasteiger partial charge in [-0.15, -0.1) is 0 Å². The minimum absolute atomic E-state index is 0.849. The molecule has 0 aliphatic carbocycles. The second-order valence-corrected chi connectivity index (χ2v) is 4.27. The third-order valence-electron chi connectivity index (χ3n) is 3.01. The molecule has 82 valence electrons. The Morgan fingerprint density at radius 1 is 1.31 bits per heavy atom. The second kappa shape index (κ2) is 3.76. The number of hydrogen-bond acceptors (Lipinski definition) is 3. The molecule has 0 N–H and O–H groups in total. The first-order valence-electron chi connectivity index (χ1n) is 5.54. The molecule has 3 nitrogen and oxygen atoms in total. The predicted octanol–water partition coefficient (Wildman–Crippen LogP) is 2.33. The molecular weight excluding hydrogens is 200 g/mol. The van der Waals surface area contributed by atoms with Crippen molar-refractivity contribution >= 4 is 0 Å². The molecule has 3 heterocycles. The van der Waals surface area contributed by atoms with Crippen LogP contribution in [0.25, 0.3) is 11.5 Å². The largest absolute Gasteiger partial charge is 0.463 e. The Morgan fingerprint density at radius 2 is 2.25 bits per heavy atom. The smallest absolute Gasteiger partial charge is 0.152 e. The summed E-state index contributed by atoms with van der Waals surface area (Å²) in [5, 5.41) is 0. The van der Waals surface area contributed by atoms with E-state index in [2.05, 4.69) is 23.0 Å². The quantitative estimate of drug-likeness (QED) is 0.729. The molecule has 0 bridgehead atoms. The van der Waals surface area contributed by atoms with Crippen LogP contribution in [-0.4, -0.2) is 23.5 Å².